The van der Waals surface area contributed by atoms with Crippen LogP contribution in [-0.2, 0) is 13.0 Å². The Bertz CT molecular complexity index is 519. The van der Waals surface area contributed by atoms with Crippen LogP contribution in [0, 0.1) is 0 Å². The number of aromatic nitrogens is 1. The minimum Gasteiger partial charge on any atom is -0.461 e. The molecule has 0 spiro atoms. The number of hydrogen-bond acceptors (Lipinski definition) is 4. The van der Waals surface area contributed by atoms with E-state index in [-0.39, 0.29) is 18.4 Å². The summed E-state index contributed by atoms with van der Waals surface area (Å²) in [4.78, 5) is 12.0. The third-order valence-electron chi connectivity index (χ3n) is 2.94. The van der Waals surface area contributed by atoms with Crippen molar-refractivity contribution in [2.75, 3.05) is 0 Å². The van der Waals surface area contributed by atoms with Crippen LogP contribution >= 0.6 is 11.3 Å². The summed E-state index contributed by atoms with van der Waals surface area (Å²) in [5.41, 5.74) is 2.89. The first-order chi connectivity index (χ1) is 9.20. The van der Waals surface area contributed by atoms with E-state index in [4.69, 9.17) is 4.42 Å². The molecule has 102 valence electrons. The van der Waals surface area contributed by atoms with Crippen molar-refractivity contribution in [2.24, 2.45) is 0 Å². The molecule has 5 heteroatoms. The molecule has 2 aromatic rings. The highest BCUT2D eigenvalue weighted by atomic mass is 32.1. The van der Waals surface area contributed by atoms with E-state index in [1.807, 2.05) is 22.4 Å². The maximum atomic E-state index is 12.0. The lowest BCUT2D eigenvalue weighted by Gasteiger charge is -2.05. The predicted molar refractivity (Wildman–Crippen MR) is 72.2 cm³/mol. The molecule has 1 atom stereocenters. The van der Waals surface area contributed by atoms with Gasteiger partial charge in [-0.1, -0.05) is 24.7 Å². The fraction of sp³-hybridized carbons (Fsp3) is 0.429. The number of nitrogens with zero attached hydrogens (tertiary/aromatic N) is 1. The molecule has 0 aliphatic rings. The Kier molecular flexibility index (Phi) is 4.87. The first-order valence-electron chi connectivity index (χ1n) is 6.40. The topological polar surface area (TPSA) is 54.3 Å². The van der Waals surface area contributed by atoms with Gasteiger partial charge in [0.25, 0.3) is 5.78 Å². The van der Waals surface area contributed by atoms with Gasteiger partial charge in [0, 0.05) is 0 Å². The lowest BCUT2D eigenvalue weighted by Crippen LogP contribution is -2.40. The monoisotopic (exact) mass is 280 g/mol. The van der Waals surface area contributed by atoms with Crippen molar-refractivity contribution in [3.8, 4) is 0 Å². The molecule has 2 rings (SSSR count). The Morgan fingerprint density at radius 3 is 3.11 bits per heavy atom. The molecule has 0 aromatic carbocycles. The van der Waals surface area contributed by atoms with Gasteiger partial charge >= 0.3 is 0 Å². The zero-order chi connectivity index (χ0) is 13.7. The molecular weight excluding hydrogens is 262 g/mol. The van der Waals surface area contributed by atoms with Gasteiger partial charge in [0.05, 0.1) is 24.2 Å². The Morgan fingerprint density at radius 1 is 1.58 bits per heavy atom. The number of Topliss-reactive ketones (excluding diaryl/α,β-unsaturated/α-hetero) is 1. The molecule has 4 nitrogen and oxygen atoms in total. The van der Waals surface area contributed by atoms with Gasteiger partial charge in [-0.05, 0) is 18.6 Å². The van der Waals surface area contributed by atoms with Gasteiger partial charge < -0.3 is 9.52 Å². The molecule has 0 aliphatic carbocycles. The van der Waals surface area contributed by atoms with Crippen molar-refractivity contribution >= 4 is 17.1 Å². The van der Waals surface area contributed by atoms with E-state index >= 15 is 0 Å². The summed E-state index contributed by atoms with van der Waals surface area (Å²) in [6.45, 7) is 2.30. The summed E-state index contributed by atoms with van der Waals surface area (Å²) in [6.07, 6.45) is 3.48. The van der Waals surface area contributed by atoms with Crippen molar-refractivity contribution in [3.63, 3.8) is 0 Å². The van der Waals surface area contributed by atoms with Crippen molar-refractivity contribution in [1.82, 2.24) is 0 Å². The number of rotatable bonds is 7. The van der Waals surface area contributed by atoms with Crippen LogP contribution in [0.25, 0.3) is 0 Å². The Hall–Kier alpha value is -1.46. The van der Waals surface area contributed by atoms with Gasteiger partial charge in [-0.15, -0.1) is 0 Å². The van der Waals surface area contributed by atoms with Crippen molar-refractivity contribution in [2.45, 2.75) is 38.8 Å². The molecule has 2 heterocycles. The van der Waals surface area contributed by atoms with E-state index in [2.05, 4.69) is 0 Å². The van der Waals surface area contributed by atoms with Crippen LogP contribution in [0.4, 0.5) is 0 Å². The lowest BCUT2D eigenvalue weighted by molar-refractivity contribution is -0.686. The molecule has 0 radical (unpaired) electrons. The summed E-state index contributed by atoms with van der Waals surface area (Å²) in [5, 5.41) is 11.8. The number of aliphatic hydroxyl groups excluding tert-OH is 1. The van der Waals surface area contributed by atoms with Crippen molar-refractivity contribution in [3.05, 3.63) is 40.7 Å². The maximum Gasteiger partial charge on any atom is 0.262 e. The summed E-state index contributed by atoms with van der Waals surface area (Å²) in [7, 11) is 0. The molecule has 0 aliphatic heterocycles. The summed E-state index contributed by atoms with van der Waals surface area (Å²) in [6, 6.07) is 3.37. The van der Waals surface area contributed by atoms with Gasteiger partial charge in [-0.2, -0.15) is 4.57 Å². The summed E-state index contributed by atoms with van der Waals surface area (Å²) >= 11 is 1.53. The molecule has 2 aromatic heterocycles. The smallest absolute Gasteiger partial charge is 0.262 e. The minimum absolute atomic E-state index is 0.0559. The summed E-state index contributed by atoms with van der Waals surface area (Å²) in [5.74, 6) is 0.318. The number of aliphatic hydroxyl groups is 1. The van der Waals surface area contributed by atoms with Gasteiger partial charge in [-0.25, -0.2) is 0 Å². The Balaban J connectivity index is 2.01. The number of ketones is 1. The van der Waals surface area contributed by atoms with Crippen LogP contribution in [0.15, 0.2) is 33.7 Å². The van der Waals surface area contributed by atoms with Crippen LogP contribution in [0.2, 0.25) is 0 Å². The van der Waals surface area contributed by atoms with Crippen molar-refractivity contribution in [1.29, 1.82) is 0 Å². The molecule has 0 saturated heterocycles. The second-order valence-corrected chi connectivity index (χ2v) is 5.24. The molecule has 19 heavy (non-hydrogen) atoms. The third-order valence-corrected chi connectivity index (χ3v) is 3.72. The second-order valence-electron chi connectivity index (χ2n) is 4.53. The maximum absolute atomic E-state index is 12.0. The van der Waals surface area contributed by atoms with E-state index < -0.39 is 0 Å². The number of thiazole rings is 1. The predicted octanol–water partition coefficient (Wildman–Crippen LogP) is 2.21. The molecule has 0 bridgehead atoms. The van der Waals surface area contributed by atoms with E-state index in [0.29, 0.717) is 12.2 Å². The molecule has 0 amide bonds. The van der Waals surface area contributed by atoms with Crippen molar-refractivity contribution < 1.29 is 18.9 Å². The number of hydrogen-bond donors (Lipinski definition) is 1. The lowest BCUT2D eigenvalue weighted by atomic mass is 10.1. The SMILES string of the molecule is CCCC(O)Cc1csc[n+]1CC(=O)c1ccco1. The average Bonchev–Trinajstić information content (AvgIpc) is 3.01. The fourth-order valence-corrected chi connectivity index (χ4v) is 2.77. The van der Waals surface area contributed by atoms with Crippen LogP contribution < -0.4 is 4.57 Å². The quantitative estimate of drug-likeness (QED) is 0.625. The average molecular weight is 280 g/mol. The largest absolute Gasteiger partial charge is 0.461 e. The van der Waals surface area contributed by atoms with Crippen LogP contribution in [0.1, 0.15) is 36.0 Å². The van der Waals surface area contributed by atoms with E-state index in [1.165, 1.54) is 17.6 Å². The van der Waals surface area contributed by atoms with E-state index in [9.17, 15) is 9.90 Å². The van der Waals surface area contributed by atoms with Gasteiger partial charge in [0.15, 0.2) is 11.5 Å². The molecular formula is C14H18NO3S+. The van der Waals surface area contributed by atoms with Gasteiger partial charge in [0.1, 0.15) is 0 Å². The summed E-state index contributed by atoms with van der Waals surface area (Å²) < 4.78 is 6.98. The minimum atomic E-state index is -0.343. The highest BCUT2D eigenvalue weighted by molar-refractivity contribution is 7.07. The van der Waals surface area contributed by atoms with E-state index in [0.717, 1.165) is 18.5 Å². The molecule has 1 N–H and O–H groups in total. The first-order valence-corrected chi connectivity index (χ1v) is 7.34. The Morgan fingerprint density at radius 2 is 2.42 bits per heavy atom. The standard InChI is InChI=1S/C14H18NO3S/c1-2-4-12(16)7-11-9-19-10-15(11)8-13(17)14-5-3-6-18-14/h3,5-6,9-10,12,16H,2,4,7-8H2,1H3/q+1. The molecule has 0 saturated carbocycles. The zero-order valence-electron chi connectivity index (χ0n) is 10.9. The van der Waals surface area contributed by atoms with Gasteiger partial charge in [0.2, 0.25) is 12.1 Å². The van der Waals surface area contributed by atoms with Gasteiger partial charge in [-0.3, -0.25) is 4.79 Å². The van der Waals surface area contributed by atoms with E-state index in [1.54, 1.807) is 12.1 Å². The van der Waals surface area contributed by atoms with Crippen LogP contribution in [0.5, 0.6) is 0 Å². The fourth-order valence-electron chi connectivity index (χ4n) is 1.97. The number of carbonyl (C=O) groups is 1. The van der Waals surface area contributed by atoms with Crippen LogP contribution in [0.3, 0.4) is 0 Å². The normalized spacial score (nSPS) is 12.5. The highest BCUT2D eigenvalue weighted by Crippen LogP contribution is 2.08. The third kappa shape index (κ3) is 3.75. The second kappa shape index (κ2) is 6.63. The number of furan rings is 1. The van der Waals surface area contributed by atoms with Crippen LogP contribution in [-0.4, -0.2) is 17.0 Å². The highest BCUT2D eigenvalue weighted by Gasteiger charge is 2.21. The first kappa shape index (κ1) is 14.0. The number of carbonyl (C=O) groups excluding carboxylic acids is 1. The Labute approximate surface area is 116 Å². The molecule has 0 fully saturated rings. The zero-order valence-corrected chi connectivity index (χ0v) is 11.7. The molecule has 1 unspecified atom stereocenters.